The number of benzene rings is 2. The molecule has 3 fully saturated rings. The maximum absolute atomic E-state index is 10.9. The van der Waals surface area contributed by atoms with Crippen LogP contribution >= 0.6 is 0 Å². The van der Waals surface area contributed by atoms with Crippen LogP contribution in [0.4, 0.5) is 5.69 Å². The molecule has 0 radical (unpaired) electrons. The average molecular weight is 492 g/mol. The van der Waals surface area contributed by atoms with Gasteiger partial charge in [-0.15, -0.1) is 0 Å². The van der Waals surface area contributed by atoms with Crippen molar-refractivity contribution in [1.29, 1.82) is 0 Å². The van der Waals surface area contributed by atoms with Crippen LogP contribution in [0.25, 0.3) is 0 Å². The lowest BCUT2D eigenvalue weighted by molar-refractivity contribution is -0.138. The van der Waals surface area contributed by atoms with Gasteiger partial charge in [-0.1, -0.05) is 42.5 Å². The summed E-state index contributed by atoms with van der Waals surface area (Å²) in [6.07, 6.45) is 5.26. The van der Waals surface area contributed by atoms with Crippen LogP contribution in [0.2, 0.25) is 0 Å². The van der Waals surface area contributed by atoms with E-state index in [1.807, 2.05) is 6.21 Å². The van der Waals surface area contributed by atoms with Crippen molar-refractivity contribution >= 4 is 17.9 Å². The molecule has 36 heavy (non-hydrogen) atoms. The third-order valence-electron chi connectivity index (χ3n) is 7.59. The van der Waals surface area contributed by atoms with E-state index in [-0.39, 0.29) is 12.1 Å². The summed E-state index contributed by atoms with van der Waals surface area (Å²) in [6, 6.07) is 19.3. The standard InChI is InChI=1S/C28H37N5O3/c34-28(35)18-22-10-12-31(13-11-22)21-26-19-27(30-36-26)24-8-6-23(7-9-24)20-29-33-16-14-32(15-17-33)25-4-2-1-3-5-25/h1-9,20,22,26-27,30H,10-19,21H2,(H,34,35). The monoisotopic (exact) mass is 491 g/mol. The number of carboxylic acid groups (broad SMARTS) is 1. The van der Waals surface area contributed by atoms with Crippen LogP contribution < -0.4 is 10.4 Å². The van der Waals surface area contributed by atoms with Crippen LogP contribution in [-0.4, -0.2) is 79.1 Å². The second-order valence-electron chi connectivity index (χ2n) is 10.2. The molecule has 8 heteroatoms. The van der Waals surface area contributed by atoms with E-state index in [1.54, 1.807) is 0 Å². The number of carbonyl (C=O) groups is 1. The Morgan fingerprint density at radius 3 is 2.42 bits per heavy atom. The van der Waals surface area contributed by atoms with Crippen molar-refractivity contribution in [3.63, 3.8) is 0 Å². The van der Waals surface area contributed by atoms with Gasteiger partial charge in [0.2, 0.25) is 0 Å². The lowest BCUT2D eigenvalue weighted by atomic mass is 9.93. The molecule has 0 aromatic heterocycles. The molecule has 3 aliphatic heterocycles. The SMILES string of the molecule is O=C(O)CC1CCN(CC2CC(c3ccc(C=NN4CCN(c5ccccc5)CC4)cc3)NO2)CC1. The fourth-order valence-corrected chi connectivity index (χ4v) is 5.43. The van der Waals surface area contributed by atoms with Gasteiger partial charge < -0.3 is 14.9 Å². The van der Waals surface area contributed by atoms with E-state index in [2.05, 4.69) is 74.9 Å². The third-order valence-corrected chi connectivity index (χ3v) is 7.59. The molecule has 5 rings (SSSR count). The molecule has 0 aliphatic carbocycles. The number of nitrogens with zero attached hydrogens (tertiary/aromatic N) is 4. The van der Waals surface area contributed by atoms with Crippen LogP contribution in [-0.2, 0) is 9.63 Å². The summed E-state index contributed by atoms with van der Waals surface area (Å²) in [5, 5.41) is 15.9. The molecular weight excluding hydrogens is 454 g/mol. The van der Waals surface area contributed by atoms with E-state index in [9.17, 15) is 4.79 Å². The largest absolute Gasteiger partial charge is 0.481 e. The number of hydrogen-bond acceptors (Lipinski definition) is 7. The molecule has 2 N–H and O–H groups in total. The minimum absolute atomic E-state index is 0.154. The Hall–Kier alpha value is -2.94. The number of carboxylic acids is 1. The van der Waals surface area contributed by atoms with Gasteiger partial charge in [-0.3, -0.25) is 14.6 Å². The van der Waals surface area contributed by atoms with Crippen LogP contribution in [0.5, 0.6) is 0 Å². The van der Waals surface area contributed by atoms with E-state index < -0.39 is 5.97 Å². The number of rotatable bonds is 8. The maximum atomic E-state index is 10.9. The Labute approximate surface area is 213 Å². The van der Waals surface area contributed by atoms with Gasteiger partial charge in [-0.2, -0.15) is 10.6 Å². The summed E-state index contributed by atoms with van der Waals surface area (Å²) in [5.74, 6) is -0.367. The van der Waals surface area contributed by atoms with Gasteiger partial charge in [0, 0.05) is 31.7 Å². The van der Waals surface area contributed by atoms with Crippen molar-refractivity contribution in [3.05, 3.63) is 65.7 Å². The Morgan fingerprint density at radius 2 is 1.72 bits per heavy atom. The van der Waals surface area contributed by atoms with Crippen molar-refractivity contribution in [2.45, 2.75) is 37.8 Å². The van der Waals surface area contributed by atoms with Gasteiger partial charge in [0.25, 0.3) is 0 Å². The molecular formula is C28H37N5O3. The highest BCUT2D eigenvalue weighted by Crippen LogP contribution is 2.28. The van der Waals surface area contributed by atoms with E-state index in [4.69, 9.17) is 15.0 Å². The highest BCUT2D eigenvalue weighted by molar-refractivity contribution is 5.79. The molecule has 3 heterocycles. The van der Waals surface area contributed by atoms with Crippen molar-refractivity contribution in [2.24, 2.45) is 11.0 Å². The van der Waals surface area contributed by atoms with Crippen molar-refractivity contribution < 1.29 is 14.7 Å². The Morgan fingerprint density at radius 1 is 1.00 bits per heavy atom. The molecule has 3 aliphatic rings. The molecule has 3 saturated heterocycles. The number of piperazine rings is 1. The molecule has 192 valence electrons. The highest BCUT2D eigenvalue weighted by Gasteiger charge is 2.30. The first-order valence-electron chi connectivity index (χ1n) is 13.2. The van der Waals surface area contributed by atoms with E-state index in [0.29, 0.717) is 12.3 Å². The number of nitrogens with one attached hydrogen (secondary N) is 1. The number of hydrazone groups is 1. The second-order valence-corrected chi connectivity index (χ2v) is 10.2. The number of anilines is 1. The van der Waals surface area contributed by atoms with Gasteiger partial charge in [0.15, 0.2) is 0 Å². The lowest BCUT2D eigenvalue weighted by Gasteiger charge is -2.34. The molecule has 0 spiro atoms. The van der Waals surface area contributed by atoms with Gasteiger partial charge in [-0.25, -0.2) is 0 Å². The first-order chi connectivity index (χ1) is 17.6. The smallest absolute Gasteiger partial charge is 0.303 e. The van der Waals surface area contributed by atoms with Gasteiger partial charge >= 0.3 is 5.97 Å². The van der Waals surface area contributed by atoms with Crippen LogP contribution in [0.1, 0.15) is 42.9 Å². The maximum Gasteiger partial charge on any atom is 0.303 e. The summed E-state index contributed by atoms with van der Waals surface area (Å²) in [7, 11) is 0. The summed E-state index contributed by atoms with van der Waals surface area (Å²) < 4.78 is 0. The average Bonchev–Trinajstić information content (AvgIpc) is 3.38. The molecule has 2 atom stereocenters. The second kappa shape index (κ2) is 11.9. The summed E-state index contributed by atoms with van der Waals surface area (Å²) in [5.41, 5.74) is 6.83. The highest BCUT2D eigenvalue weighted by atomic mass is 16.7. The van der Waals surface area contributed by atoms with E-state index in [1.165, 1.54) is 11.3 Å². The zero-order chi connectivity index (χ0) is 24.7. The molecule has 0 bridgehead atoms. The number of para-hydroxylation sites is 1. The van der Waals surface area contributed by atoms with Crippen LogP contribution in [0.3, 0.4) is 0 Å². The number of likely N-dealkylation sites (tertiary alicyclic amines) is 1. The molecule has 2 aromatic carbocycles. The van der Waals surface area contributed by atoms with Gasteiger partial charge in [0.1, 0.15) is 0 Å². The number of piperidine rings is 1. The fourth-order valence-electron chi connectivity index (χ4n) is 5.43. The predicted molar refractivity (Wildman–Crippen MR) is 141 cm³/mol. The first-order valence-corrected chi connectivity index (χ1v) is 13.2. The van der Waals surface area contributed by atoms with Crippen molar-refractivity contribution in [1.82, 2.24) is 15.4 Å². The van der Waals surface area contributed by atoms with Crippen LogP contribution in [0.15, 0.2) is 59.7 Å². The Kier molecular flexibility index (Phi) is 8.15. The molecule has 2 unspecified atom stereocenters. The quantitative estimate of drug-likeness (QED) is 0.548. The number of hydrogen-bond donors (Lipinski definition) is 2. The topological polar surface area (TPSA) is 80.6 Å². The Balaban J connectivity index is 1.05. The fraction of sp³-hybridized carbons (Fsp3) is 0.500. The van der Waals surface area contributed by atoms with Crippen molar-refractivity contribution in [2.75, 3.05) is 50.7 Å². The Bertz CT molecular complexity index is 1000. The third kappa shape index (κ3) is 6.63. The minimum Gasteiger partial charge on any atom is -0.481 e. The summed E-state index contributed by atoms with van der Waals surface area (Å²) in [6.45, 7) is 6.61. The normalized spacial score (nSPS) is 24.0. The summed E-state index contributed by atoms with van der Waals surface area (Å²) in [4.78, 5) is 21.6. The predicted octanol–water partition coefficient (Wildman–Crippen LogP) is 3.36. The number of hydroxylamine groups is 1. The molecule has 0 amide bonds. The summed E-state index contributed by atoms with van der Waals surface area (Å²) >= 11 is 0. The zero-order valence-corrected chi connectivity index (χ0v) is 20.8. The zero-order valence-electron chi connectivity index (χ0n) is 20.8. The molecule has 8 nitrogen and oxygen atoms in total. The van der Waals surface area contributed by atoms with E-state index in [0.717, 1.165) is 70.6 Å². The lowest BCUT2D eigenvalue weighted by Crippen LogP contribution is -2.44. The number of aliphatic carboxylic acids is 1. The van der Waals surface area contributed by atoms with Gasteiger partial charge in [-0.05, 0) is 61.5 Å². The first kappa shape index (κ1) is 24.7. The molecule has 2 aromatic rings. The molecule has 0 saturated carbocycles. The van der Waals surface area contributed by atoms with E-state index >= 15 is 0 Å². The minimum atomic E-state index is -0.682. The van der Waals surface area contributed by atoms with Crippen molar-refractivity contribution in [3.8, 4) is 0 Å². The van der Waals surface area contributed by atoms with Gasteiger partial charge in [0.05, 0.1) is 31.4 Å². The van der Waals surface area contributed by atoms with Crippen LogP contribution in [0, 0.1) is 5.92 Å².